The molecule has 1 aromatic rings. The molecule has 0 heterocycles. The van der Waals surface area contributed by atoms with E-state index in [1.807, 2.05) is 6.07 Å². The summed E-state index contributed by atoms with van der Waals surface area (Å²) < 4.78 is 0. The number of rotatable bonds is 3. The molecule has 0 radical (unpaired) electrons. The van der Waals surface area contributed by atoms with Gasteiger partial charge in [0.15, 0.2) is 0 Å². The Hall–Kier alpha value is -0.950. The van der Waals surface area contributed by atoms with Gasteiger partial charge in [-0.05, 0) is 49.8 Å². The molecule has 1 N–H and O–H groups in total. The van der Waals surface area contributed by atoms with E-state index in [-0.39, 0.29) is 0 Å². The molecule has 16 heavy (non-hydrogen) atoms. The molecule has 0 fully saturated rings. The van der Waals surface area contributed by atoms with Crippen LogP contribution in [0.15, 0.2) is 30.4 Å². The van der Waals surface area contributed by atoms with Crippen molar-refractivity contribution in [3.05, 3.63) is 40.9 Å². The average Bonchev–Trinajstić information content (AvgIpc) is 2.29. The van der Waals surface area contributed by atoms with Crippen molar-refractivity contribution in [1.29, 1.82) is 0 Å². The highest BCUT2D eigenvalue weighted by Crippen LogP contribution is 2.24. The predicted molar refractivity (Wildman–Crippen MR) is 71.2 cm³/mol. The van der Waals surface area contributed by atoms with E-state index in [1.54, 1.807) is 0 Å². The van der Waals surface area contributed by atoms with E-state index < -0.39 is 0 Å². The van der Waals surface area contributed by atoms with Gasteiger partial charge in [-0.25, -0.2) is 0 Å². The number of halogens is 1. The highest BCUT2D eigenvalue weighted by Gasteiger charge is 2.10. The van der Waals surface area contributed by atoms with Crippen LogP contribution in [0.1, 0.15) is 24.8 Å². The second-order valence-corrected chi connectivity index (χ2v) is 4.92. The molecule has 1 nitrogen and oxygen atoms in total. The number of benzene rings is 1. The maximum absolute atomic E-state index is 6.17. The minimum Gasteiger partial charge on any atom is -0.384 e. The monoisotopic (exact) mass is 235 g/mol. The molecule has 2 rings (SSSR count). The highest BCUT2D eigenvalue weighted by molar-refractivity contribution is 6.33. The molecule has 86 valence electrons. The molecule has 0 amide bonds. The van der Waals surface area contributed by atoms with E-state index in [9.17, 15) is 0 Å². The Bertz CT molecular complexity index is 384. The Labute approximate surface area is 103 Å². The minimum atomic E-state index is 0.752. The van der Waals surface area contributed by atoms with Gasteiger partial charge in [0, 0.05) is 6.54 Å². The summed E-state index contributed by atoms with van der Waals surface area (Å²) in [6.45, 7) is 3.08. The lowest BCUT2D eigenvalue weighted by molar-refractivity contribution is 0.504. The summed E-state index contributed by atoms with van der Waals surface area (Å²) >= 11 is 6.17. The van der Waals surface area contributed by atoms with Gasteiger partial charge in [-0.2, -0.15) is 0 Å². The Balaban J connectivity index is 1.91. The van der Waals surface area contributed by atoms with Crippen LogP contribution in [-0.4, -0.2) is 6.54 Å². The molecule has 1 unspecified atom stereocenters. The van der Waals surface area contributed by atoms with Crippen LogP contribution in [0, 0.1) is 12.8 Å². The number of nitrogens with one attached hydrogen (secondary N) is 1. The number of allylic oxidation sites excluding steroid dienone is 2. The molecule has 1 aromatic carbocycles. The van der Waals surface area contributed by atoms with Crippen molar-refractivity contribution < 1.29 is 0 Å². The third-order valence-corrected chi connectivity index (χ3v) is 3.40. The van der Waals surface area contributed by atoms with Crippen LogP contribution in [0.2, 0.25) is 5.02 Å². The predicted octanol–water partition coefficient (Wildman–Crippen LogP) is 4.42. The first-order valence-electron chi connectivity index (χ1n) is 5.91. The van der Waals surface area contributed by atoms with Crippen LogP contribution in [0.3, 0.4) is 0 Å². The lowest BCUT2D eigenvalue weighted by Crippen LogP contribution is -2.15. The first-order valence-corrected chi connectivity index (χ1v) is 6.28. The van der Waals surface area contributed by atoms with Gasteiger partial charge >= 0.3 is 0 Å². The summed E-state index contributed by atoms with van der Waals surface area (Å²) in [4.78, 5) is 0. The molecule has 0 saturated carbocycles. The van der Waals surface area contributed by atoms with Crippen molar-refractivity contribution in [3.63, 3.8) is 0 Å². The minimum absolute atomic E-state index is 0.752. The van der Waals surface area contributed by atoms with Crippen molar-refractivity contribution in [2.45, 2.75) is 26.2 Å². The fourth-order valence-corrected chi connectivity index (χ4v) is 2.36. The van der Waals surface area contributed by atoms with Crippen LogP contribution >= 0.6 is 11.6 Å². The molecule has 1 aliphatic carbocycles. The fraction of sp³-hybridized carbons (Fsp3) is 0.429. The molecule has 1 aliphatic rings. The van der Waals surface area contributed by atoms with E-state index in [4.69, 9.17) is 11.6 Å². The number of hydrogen-bond acceptors (Lipinski definition) is 1. The first-order chi connectivity index (χ1) is 7.75. The average molecular weight is 236 g/mol. The summed E-state index contributed by atoms with van der Waals surface area (Å²) in [6, 6.07) is 6.16. The zero-order chi connectivity index (χ0) is 11.4. The Morgan fingerprint density at radius 2 is 2.25 bits per heavy atom. The second-order valence-electron chi connectivity index (χ2n) is 4.51. The van der Waals surface area contributed by atoms with Gasteiger partial charge in [0.25, 0.3) is 0 Å². The standard InChI is InChI=1S/C14H18ClN/c1-11-7-8-14(13(15)9-11)16-10-12-5-3-2-4-6-12/h2-3,7-9,12,16H,4-6,10H2,1H3. The quantitative estimate of drug-likeness (QED) is 0.765. The van der Waals surface area contributed by atoms with Crippen LogP contribution in [0.4, 0.5) is 5.69 Å². The third kappa shape index (κ3) is 3.02. The third-order valence-electron chi connectivity index (χ3n) is 3.08. The Morgan fingerprint density at radius 3 is 2.94 bits per heavy atom. The molecule has 0 aromatic heterocycles. The van der Waals surface area contributed by atoms with Crippen LogP contribution in [0.25, 0.3) is 0 Å². The van der Waals surface area contributed by atoms with E-state index in [1.165, 1.54) is 24.8 Å². The largest absolute Gasteiger partial charge is 0.384 e. The zero-order valence-electron chi connectivity index (χ0n) is 9.67. The molecule has 0 spiro atoms. The van der Waals surface area contributed by atoms with Crippen molar-refractivity contribution in [2.75, 3.05) is 11.9 Å². The summed E-state index contributed by atoms with van der Waals surface area (Å²) in [5.74, 6) is 0.752. The van der Waals surface area contributed by atoms with Gasteiger partial charge in [-0.1, -0.05) is 29.8 Å². The van der Waals surface area contributed by atoms with Crippen molar-refractivity contribution >= 4 is 17.3 Å². The van der Waals surface area contributed by atoms with Crippen LogP contribution in [0.5, 0.6) is 0 Å². The summed E-state index contributed by atoms with van der Waals surface area (Å²) in [5, 5.41) is 4.27. The van der Waals surface area contributed by atoms with E-state index >= 15 is 0 Å². The number of hydrogen-bond donors (Lipinski definition) is 1. The van der Waals surface area contributed by atoms with Crippen molar-refractivity contribution in [2.24, 2.45) is 5.92 Å². The summed E-state index contributed by atoms with van der Waals surface area (Å²) in [6.07, 6.45) is 8.25. The molecule has 1 atom stereocenters. The van der Waals surface area contributed by atoms with Gasteiger partial charge in [-0.15, -0.1) is 0 Å². The maximum Gasteiger partial charge on any atom is 0.0640 e. The summed E-state index contributed by atoms with van der Waals surface area (Å²) in [7, 11) is 0. The van der Waals surface area contributed by atoms with Crippen LogP contribution in [-0.2, 0) is 0 Å². The number of anilines is 1. The topological polar surface area (TPSA) is 12.0 Å². The SMILES string of the molecule is Cc1ccc(NCC2CC=CCC2)c(Cl)c1. The highest BCUT2D eigenvalue weighted by atomic mass is 35.5. The first kappa shape index (κ1) is 11.5. The van der Waals surface area contributed by atoms with Crippen molar-refractivity contribution in [3.8, 4) is 0 Å². The lowest BCUT2D eigenvalue weighted by Gasteiger charge is -2.19. The Kier molecular flexibility index (Phi) is 3.89. The molecule has 0 aliphatic heterocycles. The van der Waals surface area contributed by atoms with Gasteiger partial charge in [0.1, 0.15) is 0 Å². The van der Waals surface area contributed by atoms with E-state index in [2.05, 4.69) is 36.5 Å². The molecular weight excluding hydrogens is 218 g/mol. The van der Waals surface area contributed by atoms with E-state index in [0.29, 0.717) is 0 Å². The van der Waals surface area contributed by atoms with Crippen LogP contribution < -0.4 is 5.32 Å². The maximum atomic E-state index is 6.17. The summed E-state index contributed by atoms with van der Waals surface area (Å²) in [5.41, 5.74) is 2.26. The fourth-order valence-electron chi connectivity index (χ4n) is 2.06. The normalized spacial score (nSPS) is 19.8. The van der Waals surface area contributed by atoms with Crippen molar-refractivity contribution in [1.82, 2.24) is 0 Å². The smallest absolute Gasteiger partial charge is 0.0640 e. The molecule has 0 bridgehead atoms. The van der Waals surface area contributed by atoms with Gasteiger partial charge < -0.3 is 5.32 Å². The number of aryl methyl sites for hydroxylation is 1. The second kappa shape index (κ2) is 5.40. The van der Waals surface area contributed by atoms with Gasteiger partial charge in [0.05, 0.1) is 10.7 Å². The van der Waals surface area contributed by atoms with Gasteiger partial charge in [-0.3, -0.25) is 0 Å². The molecule has 0 saturated heterocycles. The van der Waals surface area contributed by atoms with Gasteiger partial charge in [0.2, 0.25) is 0 Å². The molecule has 2 heteroatoms. The zero-order valence-corrected chi connectivity index (χ0v) is 10.4. The lowest BCUT2D eigenvalue weighted by atomic mass is 9.94. The molecular formula is C14H18ClN. The van der Waals surface area contributed by atoms with E-state index in [0.717, 1.165) is 23.2 Å². The Morgan fingerprint density at radius 1 is 1.38 bits per heavy atom.